The minimum absolute atomic E-state index is 0.140. The zero-order chi connectivity index (χ0) is 17.6. The smallest absolute Gasteiger partial charge is 0.310 e. The summed E-state index contributed by atoms with van der Waals surface area (Å²) in [7, 11) is 0. The molecule has 1 aliphatic carbocycles. The molecule has 0 bridgehead atoms. The van der Waals surface area contributed by atoms with E-state index in [1.165, 1.54) is 25.1 Å². The van der Waals surface area contributed by atoms with Crippen LogP contribution >= 0.6 is 0 Å². The summed E-state index contributed by atoms with van der Waals surface area (Å²) in [5.74, 6) is -2.25. The summed E-state index contributed by atoms with van der Waals surface area (Å²) in [6.45, 7) is 3.47. The third-order valence-corrected chi connectivity index (χ3v) is 4.64. The molecule has 3 N–H and O–H groups in total. The zero-order valence-electron chi connectivity index (χ0n) is 13.4. The third kappa shape index (κ3) is 2.40. The molecule has 1 heterocycles. The van der Waals surface area contributed by atoms with Crippen molar-refractivity contribution in [3.05, 3.63) is 35.1 Å². The van der Waals surface area contributed by atoms with Crippen LogP contribution in [0.15, 0.2) is 18.2 Å². The molecule has 1 aromatic carbocycles. The number of carboxylic acid groups (broad SMARTS) is 1. The maximum atomic E-state index is 14.5. The number of rotatable bonds is 4. The van der Waals surface area contributed by atoms with Gasteiger partial charge in [-0.2, -0.15) is 10.4 Å². The van der Waals surface area contributed by atoms with Crippen molar-refractivity contribution in [2.45, 2.75) is 38.1 Å². The minimum atomic E-state index is -1.03. The first-order valence-corrected chi connectivity index (χ1v) is 7.60. The van der Waals surface area contributed by atoms with Crippen molar-refractivity contribution in [1.29, 1.82) is 5.26 Å². The number of aromatic nitrogens is 2. The van der Waals surface area contributed by atoms with Gasteiger partial charge in [0.25, 0.3) is 0 Å². The first-order chi connectivity index (χ1) is 11.3. The molecule has 0 spiro atoms. The van der Waals surface area contributed by atoms with E-state index in [1.807, 2.05) is 13.0 Å². The number of nitrogens with two attached hydrogens (primary N) is 1. The largest absolute Gasteiger partial charge is 0.481 e. The molecule has 0 amide bonds. The number of halogens is 1. The molecule has 7 heteroatoms. The molecule has 0 radical (unpaired) electrons. The van der Waals surface area contributed by atoms with E-state index in [0.717, 1.165) is 12.8 Å². The second-order valence-corrected chi connectivity index (χ2v) is 6.43. The van der Waals surface area contributed by atoms with Gasteiger partial charge in [-0.05, 0) is 44.4 Å². The van der Waals surface area contributed by atoms with Crippen molar-refractivity contribution in [2.75, 3.05) is 5.73 Å². The predicted octanol–water partition coefficient (Wildman–Crippen LogP) is 2.84. The quantitative estimate of drug-likeness (QED) is 0.898. The van der Waals surface area contributed by atoms with Crippen LogP contribution in [0, 0.1) is 17.1 Å². The number of benzene rings is 1. The molecule has 0 saturated heterocycles. The van der Waals surface area contributed by atoms with Gasteiger partial charge in [-0.25, -0.2) is 9.07 Å². The van der Waals surface area contributed by atoms with Crippen LogP contribution in [-0.2, 0) is 10.3 Å². The Bertz CT molecular complexity index is 877. The lowest BCUT2D eigenvalue weighted by molar-refractivity contribution is -0.138. The summed E-state index contributed by atoms with van der Waals surface area (Å²) in [5.41, 5.74) is 6.63. The Morgan fingerprint density at radius 3 is 2.71 bits per heavy atom. The lowest BCUT2D eigenvalue weighted by Crippen LogP contribution is -2.16. The van der Waals surface area contributed by atoms with Gasteiger partial charge in [0, 0.05) is 5.56 Å². The maximum Gasteiger partial charge on any atom is 0.310 e. The summed E-state index contributed by atoms with van der Waals surface area (Å²) in [6, 6.07) is 6.15. The summed E-state index contributed by atoms with van der Waals surface area (Å²) in [6.07, 6.45) is 1.81. The van der Waals surface area contributed by atoms with Gasteiger partial charge < -0.3 is 10.8 Å². The summed E-state index contributed by atoms with van der Waals surface area (Å²) >= 11 is 0. The van der Waals surface area contributed by atoms with Crippen molar-refractivity contribution in [1.82, 2.24) is 9.78 Å². The average molecular weight is 328 g/mol. The Hall–Kier alpha value is -2.88. The molecule has 1 fully saturated rings. The van der Waals surface area contributed by atoms with Gasteiger partial charge in [-0.3, -0.25) is 4.79 Å². The maximum absolute atomic E-state index is 14.5. The predicted molar refractivity (Wildman–Crippen MR) is 85.7 cm³/mol. The molecule has 1 atom stereocenters. The normalized spacial score (nSPS) is 16.4. The van der Waals surface area contributed by atoms with E-state index in [9.17, 15) is 14.4 Å². The second-order valence-electron chi connectivity index (χ2n) is 6.43. The van der Waals surface area contributed by atoms with Gasteiger partial charge in [0.15, 0.2) is 0 Å². The number of nitrogen functional groups attached to an aromatic ring is 1. The number of nitrogens with zero attached hydrogens (tertiary/aromatic N) is 3. The standard InChI is InChI=1S/C17H17FN4O2/c1-9(16(23)24)10-3-4-11(13(18)7-10)14-12(8-19)15(20)22(21-14)17(2)5-6-17/h3-4,7,9H,5-6,20H2,1-2H3,(H,23,24). The highest BCUT2D eigenvalue weighted by atomic mass is 19.1. The fourth-order valence-electron chi connectivity index (χ4n) is 2.67. The van der Waals surface area contributed by atoms with Crippen LogP contribution in [0.3, 0.4) is 0 Å². The average Bonchev–Trinajstić information content (AvgIpc) is 3.19. The van der Waals surface area contributed by atoms with E-state index in [-0.39, 0.29) is 28.2 Å². The Balaban J connectivity index is 2.10. The third-order valence-electron chi connectivity index (χ3n) is 4.64. The molecule has 24 heavy (non-hydrogen) atoms. The number of hydrogen-bond acceptors (Lipinski definition) is 4. The Kier molecular flexibility index (Phi) is 3.56. The molecule has 2 aromatic rings. The van der Waals surface area contributed by atoms with E-state index < -0.39 is 17.7 Å². The van der Waals surface area contributed by atoms with Gasteiger partial charge in [0.05, 0.1) is 11.5 Å². The van der Waals surface area contributed by atoms with E-state index >= 15 is 0 Å². The molecule has 0 aliphatic heterocycles. The SMILES string of the molecule is CC(C(=O)O)c1ccc(-c2nn(C3(C)CC3)c(N)c2C#N)c(F)c1. The van der Waals surface area contributed by atoms with E-state index in [4.69, 9.17) is 10.8 Å². The van der Waals surface area contributed by atoms with Gasteiger partial charge in [0.2, 0.25) is 0 Å². The molecule has 1 saturated carbocycles. The number of anilines is 1. The van der Waals surface area contributed by atoms with E-state index in [2.05, 4.69) is 5.10 Å². The summed E-state index contributed by atoms with van der Waals surface area (Å²) < 4.78 is 16.1. The summed E-state index contributed by atoms with van der Waals surface area (Å²) in [5, 5.41) is 22.8. The minimum Gasteiger partial charge on any atom is -0.481 e. The van der Waals surface area contributed by atoms with Crippen molar-refractivity contribution >= 4 is 11.8 Å². The van der Waals surface area contributed by atoms with E-state index in [1.54, 1.807) is 4.68 Å². The van der Waals surface area contributed by atoms with E-state index in [0.29, 0.717) is 5.56 Å². The molecule has 6 nitrogen and oxygen atoms in total. The van der Waals surface area contributed by atoms with Crippen LogP contribution in [0.25, 0.3) is 11.3 Å². The van der Waals surface area contributed by atoms with Crippen LogP contribution in [0.4, 0.5) is 10.2 Å². The first kappa shape index (κ1) is 16.0. The topological polar surface area (TPSA) is 105 Å². The number of aliphatic carboxylic acids is 1. The fraction of sp³-hybridized carbons (Fsp3) is 0.353. The van der Waals surface area contributed by atoms with Gasteiger partial charge in [0.1, 0.15) is 29.0 Å². The van der Waals surface area contributed by atoms with Crippen molar-refractivity contribution in [2.24, 2.45) is 0 Å². The zero-order valence-corrected chi connectivity index (χ0v) is 13.4. The molecule has 1 aromatic heterocycles. The molecule has 124 valence electrons. The molecular weight excluding hydrogens is 311 g/mol. The van der Waals surface area contributed by atoms with Crippen LogP contribution in [-0.4, -0.2) is 20.9 Å². The number of nitriles is 1. The van der Waals surface area contributed by atoms with Gasteiger partial charge >= 0.3 is 5.97 Å². The number of carbonyl (C=O) groups is 1. The van der Waals surface area contributed by atoms with Crippen LogP contribution < -0.4 is 5.73 Å². The van der Waals surface area contributed by atoms with Gasteiger partial charge in [-0.15, -0.1) is 0 Å². The monoisotopic (exact) mass is 328 g/mol. The molecule has 1 unspecified atom stereocenters. The van der Waals surface area contributed by atoms with Crippen LogP contribution in [0.2, 0.25) is 0 Å². The summed E-state index contributed by atoms with van der Waals surface area (Å²) in [4.78, 5) is 11.0. The van der Waals surface area contributed by atoms with Crippen LogP contribution in [0.1, 0.15) is 43.7 Å². The van der Waals surface area contributed by atoms with Crippen molar-refractivity contribution in [3.63, 3.8) is 0 Å². The van der Waals surface area contributed by atoms with Gasteiger partial charge in [-0.1, -0.05) is 6.07 Å². The lowest BCUT2D eigenvalue weighted by atomic mass is 9.98. The Morgan fingerprint density at radius 2 is 2.21 bits per heavy atom. The number of carboxylic acids is 1. The van der Waals surface area contributed by atoms with Crippen molar-refractivity contribution in [3.8, 4) is 17.3 Å². The van der Waals surface area contributed by atoms with Crippen LogP contribution in [0.5, 0.6) is 0 Å². The molecule has 1 aliphatic rings. The highest BCUT2D eigenvalue weighted by Gasteiger charge is 2.43. The van der Waals surface area contributed by atoms with Crippen molar-refractivity contribution < 1.29 is 14.3 Å². The highest BCUT2D eigenvalue weighted by molar-refractivity contribution is 5.77. The Morgan fingerprint density at radius 1 is 1.54 bits per heavy atom. The first-order valence-electron chi connectivity index (χ1n) is 7.60. The lowest BCUT2D eigenvalue weighted by Gasteiger charge is -2.10. The fourth-order valence-corrected chi connectivity index (χ4v) is 2.67. The second kappa shape index (κ2) is 5.34. The Labute approximate surface area is 138 Å². The molecular formula is C17H17FN4O2. The highest BCUT2D eigenvalue weighted by Crippen LogP contribution is 2.45. The molecule has 3 rings (SSSR count). The number of hydrogen-bond donors (Lipinski definition) is 2.